The van der Waals surface area contributed by atoms with Crippen molar-refractivity contribution in [3.63, 3.8) is 0 Å². The highest BCUT2D eigenvalue weighted by atomic mass is 16.3. The van der Waals surface area contributed by atoms with Crippen LogP contribution in [0.15, 0.2) is 10.7 Å². The number of nitrogens with zero attached hydrogens (tertiary/aromatic N) is 2. The lowest BCUT2D eigenvalue weighted by Crippen LogP contribution is -2.15. The molecule has 1 heterocycles. The molecule has 0 amide bonds. The molecule has 78 valence electrons. The molecule has 0 fully saturated rings. The van der Waals surface area contributed by atoms with Crippen LogP contribution in [-0.4, -0.2) is 36.3 Å². The van der Waals surface area contributed by atoms with Gasteiger partial charge in [0.15, 0.2) is 5.89 Å². The summed E-state index contributed by atoms with van der Waals surface area (Å²) in [6, 6.07) is 0. The highest BCUT2D eigenvalue weighted by molar-refractivity contribution is 5.77. The maximum Gasteiger partial charge on any atom is 0.195 e. The lowest BCUT2D eigenvalue weighted by molar-refractivity contribution is -0.116. The minimum Gasteiger partial charge on any atom is -0.449 e. The summed E-state index contributed by atoms with van der Waals surface area (Å²) in [5.74, 6) is 0.812. The summed E-state index contributed by atoms with van der Waals surface area (Å²) < 4.78 is 5.23. The van der Waals surface area contributed by atoms with Crippen molar-refractivity contribution in [3.8, 4) is 0 Å². The summed E-state index contributed by atoms with van der Waals surface area (Å²) >= 11 is 0. The van der Waals surface area contributed by atoms with Gasteiger partial charge in [-0.25, -0.2) is 4.98 Å². The molecule has 0 aliphatic rings. The van der Waals surface area contributed by atoms with Crippen molar-refractivity contribution in [1.82, 2.24) is 9.88 Å². The number of aromatic nitrogens is 1. The molecule has 0 N–H and O–H groups in total. The van der Waals surface area contributed by atoms with Crippen LogP contribution in [0.25, 0.3) is 0 Å². The molecule has 1 rings (SSSR count). The van der Waals surface area contributed by atoms with Crippen LogP contribution in [0.2, 0.25) is 0 Å². The van der Waals surface area contributed by atoms with Gasteiger partial charge in [0, 0.05) is 13.0 Å². The van der Waals surface area contributed by atoms with Gasteiger partial charge in [0.2, 0.25) is 0 Å². The van der Waals surface area contributed by atoms with E-state index in [0.29, 0.717) is 12.3 Å². The van der Waals surface area contributed by atoms with Gasteiger partial charge < -0.3 is 9.32 Å². The number of ketones is 1. The highest BCUT2D eigenvalue weighted by Crippen LogP contribution is 2.04. The molecule has 0 saturated heterocycles. The van der Waals surface area contributed by atoms with Crippen molar-refractivity contribution >= 4 is 5.78 Å². The summed E-state index contributed by atoms with van der Waals surface area (Å²) in [4.78, 5) is 17.1. The standard InChI is InChI=1S/C10H16N2O2/c1-8(13)6-9-7-14-10(11-9)4-5-12(2)3/h7H,4-6H2,1-3H3. The summed E-state index contributed by atoms with van der Waals surface area (Å²) in [6.07, 6.45) is 2.71. The van der Waals surface area contributed by atoms with E-state index in [2.05, 4.69) is 9.88 Å². The molecular formula is C10H16N2O2. The fraction of sp³-hybridized carbons (Fsp3) is 0.600. The van der Waals surface area contributed by atoms with E-state index in [0.717, 1.165) is 18.7 Å². The van der Waals surface area contributed by atoms with Crippen molar-refractivity contribution < 1.29 is 9.21 Å². The molecule has 1 aromatic heterocycles. The van der Waals surface area contributed by atoms with E-state index in [4.69, 9.17) is 4.42 Å². The SMILES string of the molecule is CC(=O)Cc1coc(CCN(C)C)n1. The molecule has 14 heavy (non-hydrogen) atoms. The normalized spacial score (nSPS) is 10.9. The van der Waals surface area contributed by atoms with E-state index in [1.807, 2.05) is 14.1 Å². The number of carbonyl (C=O) groups excluding carboxylic acids is 1. The number of hydrogen-bond donors (Lipinski definition) is 0. The molecule has 1 aromatic rings. The van der Waals surface area contributed by atoms with Crippen molar-refractivity contribution in [2.45, 2.75) is 19.8 Å². The van der Waals surface area contributed by atoms with E-state index in [1.54, 1.807) is 13.2 Å². The molecule has 0 unspecified atom stereocenters. The quantitative estimate of drug-likeness (QED) is 0.702. The van der Waals surface area contributed by atoms with Crippen LogP contribution in [0.3, 0.4) is 0 Å². The van der Waals surface area contributed by atoms with Crippen LogP contribution in [0.5, 0.6) is 0 Å². The fourth-order valence-corrected chi connectivity index (χ4v) is 1.12. The second-order valence-corrected chi connectivity index (χ2v) is 3.66. The topological polar surface area (TPSA) is 46.3 Å². The number of likely N-dealkylation sites (N-methyl/N-ethyl adjacent to an activating group) is 1. The molecule has 0 bridgehead atoms. The lowest BCUT2D eigenvalue weighted by Gasteiger charge is -2.05. The van der Waals surface area contributed by atoms with Crippen LogP contribution in [0.4, 0.5) is 0 Å². The third-order valence-corrected chi connectivity index (χ3v) is 1.80. The molecule has 0 aliphatic carbocycles. The smallest absolute Gasteiger partial charge is 0.195 e. The van der Waals surface area contributed by atoms with Crippen LogP contribution >= 0.6 is 0 Å². The van der Waals surface area contributed by atoms with E-state index in [-0.39, 0.29) is 5.78 Å². The fourth-order valence-electron chi connectivity index (χ4n) is 1.12. The van der Waals surface area contributed by atoms with Gasteiger partial charge in [0.25, 0.3) is 0 Å². The molecule has 0 aliphatic heterocycles. The zero-order valence-electron chi connectivity index (χ0n) is 8.91. The second-order valence-electron chi connectivity index (χ2n) is 3.66. The number of carbonyl (C=O) groups is 1. The first-order chi connectivity index (χ1) is 6.58. The predicted octanol–water partition coefficient (Wildman–Crippen LogP) is 0.910. The molecule has 0 radical (unpaired) electrons. The molecule has 4 heteroatoms. The van der Waals surface area contributed by atoms with Gasteiger partial charge >= 0.3 is 0 Å². The average molecular weight is 196 g/mol. The Morgan fingerprint density at radius 2 is 2.29 bits per heavy atom. The van der Waals surface area contributed by atoms with Gasteiger partial charge in [-0.15, -0.1) is 0 Å². The Bertz CT molecular complexity index is 305. The molecule has 0 saturated carbocycles. The predicted molar refractivity (Wildman–Crippen MR) is 53.1 cm³/mol. The minimum absolute atomic E-state index is 0.109. The third-order valence-electron chi connectivity index (χ3n) is 1.80. The number of oxazole rings is 1. The summed E-state index contributed by atoms with van der Waals surface area (Å²) in [5.41, 5.74) is 0.728. The number of hydrogen-bond acceptors (Lipinski definition) is 4. The van der Waals surface area contributed by atoms with E-state index >= 15 is 0 Å². The van der Waals surface area contributed by atoms with E-state index in [1.165, 1.54) is 0 Å². The lowest BCUT2D eigenvalue weighted by atomic mass is 10.2. The maximum absolute atomic E-state index is 10.8. The first-order valence-corrected chi connectivity index (χ1v) is 4.65. The van der Waals surface area contributed by atoms with Crippen molar-refractivity contribution in [1.29, 1.82) is 0 Å². The Balaban J connectivity index is 2.46. The van der Waals surface area contributed by atoms with Crippen LogP contribution in [0, 0.1) is 0 Å². The van der Waals surface area contributed by atoms with Gasteiger partial charge in [-0.05, 0) is 21.0 Å². The Labute approximate surface area is 83.9 Å². The number of rotatable bonds is 5. The second kappa shape index (κ2) is 4.91. The van der Waals surface area contributed by atoms with Crippen molar-refractivity contribution in [3.05, 3.63) is 17.8 Å². The zero-order valence-corrected chi connectivity index (χ0v) is 8.91. The Kier molecular flexibility index (Phi) is 3.83. The van der Waals surface area contributed by atoms with Gasteiger partial charge in [-0.2, -0.15) is 0 Å². The summed E-state index contributed by atoms with van der Waals surface area (Å²) in [5, 5.41) is 0. The largest absolute Gasteiger partial charge is 0.449 e. The van der Waals surface area contributed by atoms with Crippen LogP contribution in [0.1, 0.15) is 18.5 Å². The molecule has 0 aromatic carbocycles. The van der Waals surface area contributed by atoms with E-state index < -0.39 is 0 Å². The zero-order chi connectivity index (χ0) is 10.6. The molecule has 4 nitrogen and oxygen atoms in total. The average Bonchev–Trinajstić information content (AvgIpc) is 2.47. The Morgan fingerprint density at radius 3 is 2.86 bits per heavy atom. The minimum atomic E-state index is 0.109. The first kappa shape index (κ1) is 10.9. The van der Waals surface area contributed by atoms with E-state index in [9.17, 15) is 4.79 Å². The van der Waals surface area contributed by atoms with Crippen LogP contribution < -0.4 is 0 Å². The monoisotopic (exact) mass is 196 g/mol. The molecule has 0 spiro atoms. The molecular weight excluding hydrogens is 180 g/mol. The highest BCUT2D eigenvalue weighted by Gasteiger charge is 2.05. The first-order valence-electron chi connectivity index (χ1n) is 4.65. The summed E-state index contributed by atoms with van der Waals surface area (Å²) in [6.45, 7) is 2.45. The van der Waals surface area contributed by atoms with Crippen molar-refractivity contribution in [2.75, 3.05) is 20.6 Å². The van der Waals surface area contributed by atoms with Gasteiger partial charge in [-0.1, -0.05) is 0 Å². The Morgan fingerprint density at radius 1 is 1.57 bits per heavy atom. The maximum atomic E-state index is 10.8. The third kappa shape index (κ3) is 3.70. The van der Waals surface area contributed by atoms with Gasteiger partial charge in [0.1, 0.15) is 12.0 Å². The molecule has 0 atom stereocenters. The van der Waals surface area contributed by atoms with Crippen molar-refractivity contribution in [2.24, 2.45) is 0 Å². The Hall–Kier alpha value is -1.16. The van der Waals surface area contributed by atoms with Gasteiger partial charge in [0.05, 0.1) is 12.1 Å². The van der Waals surface area contributed by atoms with Crippen LogP contribution in [-0.2, 0) is 17.6 Å². The van der Waals surface area contributed by atoms with Gasteiger partial charge in [-0.3, -0.25) is 4.79 Å². The summed E-state index contributed by atoms with van der Waals surface area (Å²) in [7, 11) is 4.00. The number of Topliss-reactive ketones (excluding diaryl/α,β-unsaturated/α-hetero) is 1.